The highest BCUT2D eigenvalue weighted by molar-refractivity contribution is 7.98. The summed E-state index contributed by atoms with van der Waals surface area (Å²) < 4.78 is 29.1. The topological polar surface area (TPSA) is 96.4 Å². The first-order chi connectivity index (χ1) is 14.5. The molecule has 0 unspecified atom stereocenters. The third-order valence-corrected chi connectivity index (χ3v) is 5.24. The van der Waals surface area contributed by atoms with Gasteiger partial charge in [0, 0.05) is 29.6 Å². The van der Waals surface area contributed by atoms with Crippen molar-refractivity contribution in [3.05, 3.63) is 104 Å². The zero-order chi connectivity index (χ0) is 21.1. The number of rotatable bonds is 6. The predicted molar refractivity (Wildman–Crippen MR) is 108 cm³/mol. The summed E-state index contributed by atoms with van der Waals surface area (Å²) >= 11 is 1.27. The maximum Gasteiger partial charge on any atom is 0.325 e. The van der Waals surface area contributed by atoms with Crippen LogP contribution in [0, 0.1) is 11.6 Å². The molecular formula is C20H15F2N5O2S. The lowest BCUT2D eigenvalue weighted by molar-refractivity contribution is 0.617. The average Bonchev–Trinajstić information content (AvgIpc) is 3.09. The lowest BCUT2D eigenvalue weighted by Gasteiger charge is -2.10. The predicted octanol–water partition coefficient (Wildman–Crippen LogP) is 2.81. The van der Waals surface area contributed by atoms with E-state index in [2.05, 4.69) is 20.2 Å². The van der Waals surface area contributed by atoms with Crippen LogP contribution in [-0.2, 0) is 12.2 Å². The van der Waals surface area contributed by atoms with Crippen LogP contribution in [0.4, 0.5) is 8.78 Å². The number of H-pyrrole nitrogens is 2. The normalized spacial score (nSPS) is 11.0. The lowest BCUT2D eigenvalue weighted by Crippen LogP contribution is -2.23. The van der Waals surface area contributed by atoms with E-state index in [9.17, 15) is 18.4 Å². The number of hydrogen-bond donors (Lipinski definition) is 2. The summed E-state index contributed by atoms with van der Waals surface area (Å²) in [6.07, 6.45) is 0.115. The largest absolute Gasteiger partial charge is 0.325 e. The molecule has 0 aliphatic rings. The minimum Gasteiger partial charge on any atom is -0.311 e. The third-order valence-electron chi connectivity index (χ3n) is 4.26. The molecule has 0 bridgehead atoms. The molecule has 2 aromatic heterocycles. The minimum atomic E-state index is -0.625. The molecule has 30 heavy (non-hydrogen) atoms. The van der Waals surface area contributed by atoms with Gasteiger partial charge < -0.3 is 4.98 Å². The van der Waals surface area contributed by atoms with E-state index in [1.165, 1.54) is 36.0 Å². The first-order valence-electron chi connectivity index (χ1n) is 8.88. The SMILES string of the molecule is O=c1cc(Cc2nnc(SCc3ccccc3F)n2-c2ccc(F)cc2)[nH]c(=O)[nH]1. The van der Waals surface area contributed by atoms with Crippen LogP contribution in [0.25, 0.3) is 5.69 Å². The smallest absolute Gasteiger partial charge is 0.311 e. The van der Waals surface area contributed by atoms with Crippen molar-refractivity contribution in [1.29, 1.82) is 0 Å². The summed E-state index contributed by atoms with van der Waals surface area (Å²) in [6, 6.07) is 13.4. The van der Waals surface area contributed by atoms with E-state index in [1.807, 2.05) is 0 Å². The van der Waals surface area contributed by atoms with Gasteiger partial charge in [0.1, 0.15) is 17.5 Å². The van der Waals surface area contributed by atoms with Gasteiger partial charge in [0.25, 0.3) is 5.56 Å². The molecule has 4 rings (SSSR count). The van der Waals surface area contributed by atoms with E-state index in [-0.39, 0.29) is 12.2 Å². The Labute approximate surface area is 172 Å². The molecule has 0 aliphatic heterocycles. The Morgan fingerprint density at radius 1 is 0.967 bits per heavy atom. The number of nitrogens with zero attached hydrogens (tertiary/aromatic N) is 3. The van der Waals surface area contributed by atoms with E-state index in [1.54, 1.807) is 34.9 Å². The van der Waals surface area contributed by atoms with Gasteiger partial charge in [-0.05, 0) is 35.9 Å². The van der Waals surface area contributed by atoms with Crippen LogP contribution < -0.4 is 11.2 Å². The zero-order valence-electron chi connectivity index (χ0n) is 15.4. The Morgan fingerprint density at radius 2 is 1.73 bits per heavy atom. The Bertz CT molecular complexity index is 1270. The summed E-state index contributed by atoms with van der Waals surface area (Å²) in [4.78, 5) is 27.8. The Kier molecular flexibility index (Phi) is 5.57. The molecule has 2 N–H and O–H groups in total. The molecular weight excluding hydrogens is 412 g/mol. The number of aromatic nitrogens is 5. The maximum absolute atomic E-state index is 14.0. The van der Waals surface area contributed by atoms with Gasteiger partial charge in [0.05, 0.1) is 0 Å². The van der Waals surface area contributed by atoms with Gasteiger partial charge in [-0.2, -0.15) is 0 Å². The van der Waals surface area contributed by atoms with Crippen molar-refractivity contribution in [2.45, 2.75) is 17.3 Å². The first kappa shape index (κ1) is 19.8. The van der Waals surface area contributed by atoms with Crippen LogP contribution in [0.5, 0.6) is 0 Å². The van der Waals surface area contributed by atoms with Crippen molar-refractivity contribution in [2.24, 2.45) is 0 Å². The van der Waals surface area contributed by atoms with Crippen molar-refractivity contribution in [3.8, 4) is 5.69 Å². The molecule has 4 aromatic rings. The summed E-state index contributed by atoms with van der Waals surface area (Å²) in [5, 5.41) is 8.82. The van der Waals surface area contributed by atoms with Crippen LogP contribution in [0.2, 0.25) is 0 Å². The minimum absolute atomic E-state index is 0.115. The number of hydrogen-bond acceptors (Lipinski definition) is 5. The van der Waals surface area contributed by atoms with E-state index in [4.69, 9.17) is 0 Å². The van der Waals surface area contributed by atoms with Crippen molar-refractivity contribution >= 4 is 11.8 Å². The summed E-state index contributed by atoms with van der Waals surface area (Å²) in [5.41, 5.74) is 0.302. The van der Waals surface area contributed by atoms with Crippen molar-refractivity contribution in [3.63, 3.8) is 0 Å². The molecule has 0 saturated carbocycles. The van der Waals surface area contributed by atoms with Gasteiger partial charge in [-0.15, -0.1) is 10.2 Å². The molecule has 0 saturated heterocycles. The molecule has 0 amide bonds. The Hall–Kier alpha value is -3.53. The molecule has 0 aliphatic carbocycles. The number of aromatic amines is 2. The third kappa shape index (κ3) is 4.38. The fraction of sp³-hybridized carbons (Fsp3) is 0.100. The fourth-order valence-corrected chi connectivity index (χ4v) is 3.86. The van der Waals surface area contributed by atoms with Crippen molar-refractivity contribution in [1.82, 2.24) is 24.7 Å². The van der Waals surface area contributed by atoms with Crippen LogP contribution in [0.15, 0.2) is 69.3 Å². The average molecular weight is 427 g/mol. The van der Waals surface area contributed by atoms with Gasteiger partial charge in [-0.3, -0.25) is 14.3 Å². The highest BCUT2D eigenvalue weighted by atomic mass is 32.2. The van der Waals surface area contributed by atoms with Gasteiger partial charge in [0.15, 0.2) is 5.16 Å². The Morgan fingerprint density at radius 3 is 2.47 bits per heavy atom. The van der Waals surface area contributed by atoms with Gasteiger partial charge in [0.2, 0.25) is 0 Å². The standard InChI is InChI=1S/C20H15F2N5O2S/c21-13-5-7-15(8-6-13)27-17(9-14-10-18(28)24-19(29)23-14)25-26-20(27)30-11-12-3-1-2-4-16(12)22/h1-8,10H,9,11H2,(H2,23,24,28,29). The molecule has 0 fully saturated rings. The highest BCUT2D eigenvalue weighted by Crippen LogP contribution is 2.27. The number of thioether (sulfide) groups is 1. The number of nitrogens with one attached hydrogen (secondary N) is 2. The molecule has 152 valence electrons. The Balaban J connectivity index is 1.71. The molecule has 2 aromatic carbocycles. The molecule has 0 spiro atoms. The van der Waals surface area contributed by atoms with E-state index < -0.39 is 17.1 Å². The van der Waals surface area contributed by atoms with Crippen molar-refractivity contribution in [2.75, 3.05) is 0 Å². The maximum atomic E-state index is 14.0. The fourth-order valence-electron chi connectivity index (χ4n) is 2.90. The van der Waals surface area contributed by atoms with Crippen LogP contribution >= 0.6 is 11.8 Å². The number of benzene rings is 2. The van der Waals surface area contributed by atoms with E-state index >= 15 is 0 Å². The van der Waals surface area contributed by atoms with Gasteiger partial charge in [-0.1, -0.05) is 30.0 Å². The van der Waals surface area contributed by atoms with Gasteiger partial charge in [-0.25, -0.2) is 13.6 Å². The summed E-state index contributed by atoms with van der Waals surface area (Å²) in [6.45, 7) is 0. The second-order valence-corrected chi connectivity index (χ2v) is 7.32. The van der Waals surface area contributed by atoms with E-state index in [0.29, 0.717) is 33.7 Å². The summed E-state index contributed by atoms with van der Waals surface area (Å²) in [5.74, 6) is 0.0271. The molecule has 2 heterocycles. The second-order valence-electron chi connectivity index (χ2n) is 6.38. The molecule has 10 heteroatoms. The monoisotopic (exact) mass is 427 g/mol. The van der Waals surface area contributed by atoms with Crippen LogP contribution in [-0.4, -0.2) is 24.7 Å². The highest BCUT2D eigenvalue weighted by Gasteiger charge is 2.16. The first-order valence-corrected chi connectivity index (χ1v) is 9.87. The van der Waals surface area contributed by atoms with E-state index in [0.717, 1.165) is 0 Å². The molecule has 0 radical (unpaired) electrons. The second kappa shape index (κ2) is 8.46. The van der Waals surface area contributed by atoms with Crippen LogP contribution in [0.3, 0.4) is 0 Å². The quantitative estimate of drug-likeness (QED) is 0.462. The number of halogens is 2. The summed E-state index contributed by atoms with van der Waals surface area (Å²) in [7, 11) is 0. The van der Waals surface area contributed by atoms with Crippen molar-refractivity contribution < 1.29 is 8.78 Å². The molecule has 7 nitrogen and oxygen atoms in total. The van der Waals surface area contributed by atoms with Gasteiger partial charge >= 0.3 is 5.69 Å². The van der Waals surface area contributed by atoms with Crippen LogP contribution in [0.1, 0.15) is 17.1 Å². The zero-order valence-corrected chi connectivity index (χ0v) is 16.2. The lowest BCUT2D eigenvalue weighted by atomic mass is 10.2. The molecule has 0 atom stereocenters.